The van der Waals surface area contributed by atoms with E-state index in [2.05, 4.69) is 34.1 Å². The number of nitrogens with one attached hydrogen (secondary N) is 3. The third-order valence-corrected chi connectivity index (χ3v) is 4.22. The van der Waals surface area contributed by atoms with Crippen molar-refractivity contribution in [2.45, 2.75) is 45.3 Å². The summed E-state index contributed by atoms with van der Waals surface area (Å²) in [5.74, 6) is 0.426. The van der Waals surface area contributed by atoms with Crippen LogP contribution in [0.2, 0.25) is 0 Å². The first-order chi connectivity index (χ1) is 10.7. The van der Waals surface area contributed by atoms with Gasteiger partial charge in [-0.15, -0.1) is 0 Å². The number of carbonyl (C=O) groups excluding carboxylic acids is 2. The van der Waals surface area contributed by atoms with E-state index in [-0.39, 0.29) is 17.7 Å². The van der Waals surface area contributed by atoms with Crippen LogP contribution in [0.3, 0.4) is 0 Å². The molecule has 3 rings (SSSR count). The fraction of sp³-hybridized carbons (Fsp3) is 0.529. The van der Waals surface area contributed by atoms with Crippen LogP contribution >= 0.6 is 0 Å². The number of hydrogen-bond donors (Lipinski definition) is 3. The Hall–Kier alpha value is -1.88. The molecule has 5 heteroatoms. The number of hydrogen-bond acceptors (Lipinski definition) is 3. The van der Waals surface area contributed by atoms with Crippen molar-refractivity contribution in [1.29, 1.82) is 0 Å². The molecule has 1 fully saturated rings. The number of amides is 2. The Kier molecular flexibility index (Phi) is 4.73. The van der Waals surface area contributed by atoms with E-state index in [1.807, 2.05) is 0 Å². The van der Waals surface area contributed by atoms with Gasteiger partial charge < -0.3 is 16.0 Å². The van der Waals surface area contributed by atoms with Gasteiger partial charge in [0.2, 0.25) is 11.8 Å². The minimum Gasteiger partial charge on any atom is -0.356 e. The smallest absolute Gasteiger partial charge is 0.223 e. The Bertz CT molecular complexity index is 567. The van der Waals surface area contributed by atoms with Gasteiger partial charge in [0.1, 0.15) is 0 Å². The maximum absolute atomic E-state index is 11.8. The Labute approximate surface area is 130 Å². The van der Waals surface area contributed by atoms with Crippen molar-refractivity contribution < 1.29 is 9.59 Å². The van der Waals surface area contributed by atoms with E-state index in [1.54, 1.807) is 0 Å². The topological polar surface area (TPSA) is 70.2 Å². The summed E-state index contributed by atoms with van der Waals surface area (Å²) in [5.41, 5.74) is 3.81. The summed E-state index contributed by atoms with van der Waals surface area (Å²) in [4.78, 5) is 23.2. The van der Waals surface area contributed by atoms with Crippen LogP contribution in [0.5, 0.6) is 0 Å². The van der Waals surface area contributed by atoms with Gasteiger partial charge in [0, 0.05) is 38.5 Å². The predicted molar refractivity (Wildman–Crippen MR) is 83.8 cm³/mol. The van der Waals surface area contributed by atoms with Crippen LogP contribution in [0.4, 0.5) is 0 Å². The molecule has 22 heavy (non-hydrogen) atoms. The van der Waals surface area contributed by atoms with Crippen molar-refractivity contribution in [3.8, 4) is 0 Å². The molecule has 0 radical (unpaired) electrons. The zero-order valence-electron chi connectivity index (χ0n) is 12.8. The minimum absolute atomic E-state index is 0.0410. The molecular formula is C17H23N3O2. The lowest BCUT2D eigenvalue weighted by Gasteiger charge is -2.08. The summed E-state index contributed by atoms with van der Waals surface area (Å²) in [5, 5.41) is 9.13. The molecule has 3 N–H and O–H groups in total. The second-order valence-corrected chi connectivity index (χ2v) is 6.15. The number of rotatable bonds is 7. The summed E-state index contributed by atoms with van der Waals surface area (Å²) in [7, 11) is 0. The van der Waals surface area contributed by atoms with Crippen LogP contribution in [-0.2, 0) is 29.2 Å². The largest absolute Gasteiger partial charge is 0.356 e. The van der Waals surface area contributed by atoms with Gasteiger partial charge in [0.15, 0.2) is 0 Å². The third-order valence-electron chi connectivity index (χ3n) is 4.22. The van der Waals surface area contributed by atoms with E-state index < -0.39 is 0 Å². The van der Waals surface area contributed by atoms with Gasteiger partial charge in [-0.25, -0.2) is 0 Å². The highest BCUT2D eigenvalue weighted by molar-refractivity contribution is 5.81. The molecule has 118 valence electrons. The highest BCUT2D eigenvalue weighted by Crippen LogP contribution is 2.28. The van der Waals surface area contributed by atoms with Gasteiger partial charge in [-0.3, -0.25) is 9.59 Å². The summed E-state index contributed by atoms with van der Waals surface area (Å²) >= 11 is 0. The molecule has 5 nitrogen and oxygen atoms in total. The molecule has 1 heterocycles. The first-order valence-electron chi connectivity index (χ1n) is 8.08. The molecule has 1 aliphatic carbocycles. The SMILES string of the molecule is O=C(CCCNC(=O)C1CC1)NCc1ccc2c(c1)CNC2. The average Bonchev–Trinajstić information content (AvgIpc) is 3.27. The van der Waals surface area contributed by atoms with E-state index in [4.69, 9.17) is 0 Å². The van der Waals surface area contributed by atoms with Gasteiger partial charge in [0.05, 0.1) is 0 Å². The lowest BCUT2D eigenvalue weighted by Crippen LogP contribution is -2.28. The van der Waals surface area contributed by atoms with E-state index in [1.165, 1.54) is 11.1 Å². The Morgan fingerprint density at radius 1 is 1.14 bits per heavy atom. The molecule has 0 bridgehead atoms. The zero-order valence-corrected chi connectivity index (χ0v) is 12.8. The predicted octanol–water partition coefficient (Wildman–Crippen LogP) is 1.21. The van der Waals surface area contributed by atoms with Crippen molar-refractivity contribution in [3.63, 3.8) is 0 Å². The first kappa shape index (κ1) is 15.0. The van der Waals surface area contributed by atoms with Crippen molar-refractivity contribution in [2.24, 2.45) is 5.92 Å². The molecule has 0 atom stereocenters. The minimum atomic E-state index is 0.0410. The van der Waals surface area contributed by atoms with Crippen LogP contribution in [0.25, 0.3) is 0 Å². The van der Waals surface area contributed by atoms with Crippen LogP contribution in [0, 0.1) is 5.92 Å². The van der Waals surface area contributed by atoms with Crippen molar-refractivity contribution in [1.82, 2.24) is 16.0 Å². The lowest BCUT2D eigenvalue weighted by molar-refractivity contribution is -0.123. The van der Waals surface area contributed by atoms with E-state index in [9.17, 15) is 9.59 Å². The number of benzene rings is 1. The average molecular weight is 301 g/mol. The van der Waals surface area contributed by atoms with Gasteiger partial charge in [-0.2, -0.15) is 0 Å². The number of fused-ring (bicyclic) bond motifs is 1. The number of carbonyl (C=O) groups is 2. The molecule has 1 aromatic carbocycles. The Balaban J connectivity index is 1.32. The molecule has 2 amide bonds. The lowest BCUT2D eigenvalue weighted by atomic mass is 10.1. The maximum Gasteiger partial charge on any atom is 0.223 e. The van der Waals surface area contributed by atoms with Gasteiger partial charge in [-0.05, 0) is 36.0 Å². The summed E-state index contributed by atoms with van der Waals surface area (Å²) < 4.78 is 0. The normalized spacial score (nSPS) is 16.2. The molecule has 0 unspecified atom stereocenters. The molecule has 1 saturated carbocycles. The standard InChI is InChI=1S/C17H23N3O2/c21-16(2-1-7-19-17(22)13-5-6-13)20-9-12-3-4-14-10-18-11-15(14)8-12/h3-4,8,13,18H,1-2,5-7,9-11H2,(H,19,22)(H,20,21). The van der Waals surface area contributed by atoms with Crippen molar-refractivity contribution in [3.05, 3.63) is 34.9 Å². The Morgan fingerprint density at radius 2 is 1.95 bits per heavy atom. The summed E-state index contributed by atoms with van der Waals surface area (Å²) in [6.07, 6.45) is 3.18. The van der Waals surface area contributed by atoms with Crippen molar-refractivity contribution in [2.75, 3.05) is 6.54 Å². The van der Waals surface area contributed by atoms with Crippen LogP contribution in [-0.4, -0.2) is 18.4 Å². The summed E-state index contributed by atoms with van der Waals surface area (Å²) in [6, 6.07) is 6.36. The highest BCUT2D eigenvalue weighted by Gasteiger charge is 2.28. The third kappa shape index (κ3) is 4.07. The van der Waals surface area contributed by atoms with E-state index in [0.717, 1.165) is 31.5 Å². The van der Waals surface area contributed by atoms with E-state index in [0.29, 0.717) is 25.9 Å². The molecule has 0 aromatic heterocycles. The quantitative estimate of drug-likeness (QED) is 0.663. The van der Waals surface area contributed by atoms with Gasteiger partial charge in [-0.1, -0.05) is 18.2 Å². The van der Waals surface area contributed by atoms with Gasteiger partial charge >= 0.3 is 0 Å². The maximum atomic E-state index is 11.8. The van der Waals surface area contributed by atoms with Crippen molar-refractivity contribution >= 4 is 11.8 Å². The van der Waals surface area contributed by atoms with Crippen LogP contribution in [0.1, 0.15) is 42.4 Å². The van der Waals surface area contributed by atoms with Crippen LogP contribution < -0.4 is 16.0 Å². The monoisotopic (exact) mass is 301 g/mol. The molecule has 1 aliphatic heterocycles. The Morgan fingerprint density at radius 3 is 2.77 bits per heavy atom. The fourth-order valence-corrected chi connectivity index (χ4v) is 2.70. The molecule has 2 aliphatic rings. The second-order valence-electron chi connectivity index (χ2n) is 6.15. The summed E-state index contributed by atoms with van der Waals surface area (Å²) in [6.45, 7) is 3.01. The highest BCUT2D eigenvalue weighted by atomic mass is 16.2. The fourth-order valence-electron chi connectivity index (χ4n) is 2.70. The molecular weight excluding hydrogens is 278 g/mol. The van der Waals surface area contributed by atoms with E-state index >= 15 is 0 Å². The molecule has 0 spiro atoms. The molecule has 1 aromatic rings. The molecule has 0 saturated heterocycles. The van der Waals surface area contributed by atoms with Gasteiger partial charge in [0.25, 0.3) is 0 Å². The zero-order chi connectivity index (χ0) is 15.4. The first-order valence-corrected chi connectivity index (χ1v) is 8.08. The van der Waals surface area contributed by atoms with Crippen LogP contribution in [0.15, 0.2) is 18.2 Å². The second kappa shape index (κ2) is 6.92.